The minimum Gasteiger partial charge on any atom is -0.486 e. The third-order valence-corrected chi connectivity index (χ3v) is 4.40. The first-order valence-corrected chi connectivity index (χ1v) is 7.87. The molecule has 21 heavy (non-hydrogen) atoms. The van der Waals surface area contributed by atoms with Crippen LogP contribution in [-0.2, 0) is 0 Å². The molecule has 1 saturated heterocycles. The molecule has 1 aromatic rings. The highest BCUT2D eigenvalue weighted by atomic mass is 16.6. The molecule has 0 unspecified atom stereocenters. The maximum absolute atomic E-state index is 12.3. The van der Waals surface area contributed by atoms with Gasteiger partial charge in [0, 0.05) is 18.5 Å². The lowest BCUT2D eigenvalue weighted by molar-refractivity contribution is 0.0951. The average molecular weight is 289 g/mol. The molecule has 4 heteroatoms. The molecule has 0 spiro atoms. The summed E-state index contributed by atoms with van der Waals surface area (Å²) in [6, 6.07) is 5.49. The van der Waals surface area contributed by atoms with Gasteiger partial charge in [-0.05, 0) is 50.0 Å². The molecule has 0 atom stereocenters. The zero-order chi connectivity index (χ0) is 14.7. The van der Waals surface area contributed by atoms with Crippen LogP contribution in [0.15, 0.2) is 18.2 Å². The first-order valence-electron chi connectivity index (χ1n) is 7.87. The Morgan fingerprint density at radius 2 is 1.90 bits per heavy atom. The molecule has 0 N–H and O–H groups in total. The summed E-state index contributed by atoms with van der Waals surface area (Å²) in [7, 11) is 0. The fourth-order valence-electron chi connectivity index (χ4n) is 2.91. The molecule has 114 valence electrons. The van der Waals surface area contributed by atoms with E-state index >= 15 is 0 Å². The van der Waals surface area contributed by atoms with Crippen LogP contribution in [0.2, 0.25) is 0 Å². The lowest BCUT2D eigenvalue weighted by Crippen LogP contribution is -2.34. The number of hydrogen-bond donors (Lipinski definition) is 0. The van der Waals surface area contributed by atoms with Crippen molar-refractivity contribution < 1.29 is 14.3 Å². The number of nitrogens with zero attached hydrogens (tertiary/aromatic N) is 1. The molecule has 2 aliphatic heterocycles. The predicted octanol–water partition coefficient (Wildman–Crippen LogP) is 2.76. The topological polar surface area (TPSA) is 38.8 Å². The molecule has 2 heterocycles. The van der Waals surface area contributed by atoms with E-state index in [1.54, 1.807) is 0 Å². The summed E-state index contributed by atoms with van der Waals surface area (Å²) in [5.41, 5.74) is 0.727. The normalized spacial score (nSPS) is 19.5. The number of fused-ring (bicyclic) bond motifs is 1. The number of ether oxygens (including phenoxy) is 2. The van der Waals surface area contributed by atoms with Crippen molar-refractivity contribution in [1.29, 1.82) is 0 Å². The van der Waals surface area contributed by atoms with E-state index in [2.05, 4.69) is 11.8 Å². The van der Waals surface area contributed by atoms with Gasteiger partial charge >= 0.3 is 0 Å². The smallest absolute Gasteiger partial charge is 0.164 e. The van der Waals surface area contributed by atoms with Crippen molar-refractivity contribution >= 4 is 5.78 Å². The van der Waals surface area contributed by atoms with Crippen LogP contribution in [0.1, 0.15) is 36.5 Å². The van der Waals surface area contributed by atoms with Gasteiger partial charge in [-0.1, -0.05) is 6.92 Å². The maximum Gasteiger partial charge on any atom is 0.164 e. The summed E-state index contributed by atoms with van der Waals surface area (Å²) in [5.74, 6) is 2.45. The molecule has 4 nitrogen and oxygen atoms in total. The van der Waals surface area contributed by atoms with Gasteiger partial charge in [0.15, 0.2) is 17.3 Å². The van der Waals surface area contributed by atoms with Crippen molar-refractivity contribution in [1.82, 2.24) is 4.90 Å². The SMILES string of the molecule is CC1CCN(CCC(=O)c2ccc3c(c2)OCCO3)CC1. The van der Waals surface area contributed by atoms with Crippen LogP contribution in [0.5, 0.6) is 11.5 Å². The van der Waals surface area contributed by atoms with E-state index in [1.165, 1.54) is 12.8 Å². The predicted molar refractivity (Wildman–Crippen MR) is 81.2 cm³/mol. The molecule has 2 aliphatic rings. The Bertz CT molecular complexity index is 507. The van der Waals surface area contributed by atoms with Crippen LogP contribution in [0.4, 0.5) is 0 Å². The van der Waals surface area contributed by atoms with Gasteiger partial charge in [-0.3, -0.25) is 4.79 Å². The second-order valence-electron chi connectivity index (χ2n) is 6.06. The standard InChI is InChI=1S/C17H23NO3/c1-13-4-7-18(8-5-13)9-6-15(19)14-2-3-16-17(12-14)21-11-10-20-16/h2-3,12-13H,4-11H2,1H3. The molecule has 0 bridgehead atoms. The molecule has 0 aliphatic carbocycles. The third-order valence-electron chi connectivity index (χ3n) is 4.40. The summed E-state index contributed by atoms with van der Waals surface area (Å²) in [4.78, 5) is 14.7. The molecule has 0 aromatic heterocycles. The van der Waals surface area contributed by atoms with Gasteiger partial charge in [0.2, 0.25) is 0 Å². The number of rotatable bonds is 4. The van der Waals surface area contributed by atoms with Crippen LogP contribution in [0.25, 0.3) is 0 Å². The Balaban J connectivity index is 1.55. The van der Waals surface area contributed by atoms with Crippen molar-refractivity contribution in [3.05, 3.63) is 23.8 Å². The minimum absolute atomic E-state index is 0.186. The number of benzene rings is 1. The molecule has 0 amide bonds. The highest BCUT2D eigenvalue weighted by molar-refractivity contribution is 5.96. The number of ketones is 1. The fourth-order valence-corrected chi connectivity index (χ4v) is 2.91. The van der Waals surface area contributed by atoms with Crippen LogP contribution < -0.4 is 9.47 Å². The Hall–Kier alpha value is -1.55. The summed E-state index contributed by atoms with van der Waals surface area (Å²) in [5, 5.41) is 0. The van der Waals surface area contributed by atoms with Gasteiger partial charge in [-0.15, -0.1) is 0 Å². The van der Waals surface area contributed by atoms with E-state index in [4.69, 9.17) is 9.47 Å². The molecule has 1 aromatic carbocycles. The van der Waals surface area contributed by atoms with Crippen LogP contribution in [-0.4, -0.2) is 43.5 Å². The van der Waals surface area contributed by atoms with Gasteiger partial charge in [-0.2, -0.15) is 0 Å². The summed E-state index contributed by atoms with van der Waals surface area (Å²) >= 11 is 0. The van der Waals surface area contributed by atoms with Gasteiger partial charge < -0.3 is 14.4 Å². The lowest BCUT2D eigenvalue weighted by Gasteiger charge is -2.29. The number of carbonyl (C=O) groups excluding carboxylic acids is 1. The first kappa shape index (κ1) is 14.4. The molecular weight excluding hydrogens is 266 g/mol. The Morgan fingerprint density at radius 3 is 2.67 bits per heavy atom. The quantitative estimate of drug-likeness (QED) is 0.799. The monoisotopic (exact) mass is 289 g/mol. The zero-order valence-corrected chi connectivity index (χ0v) is 12.6. The maximum atomic E-state index is 12.3. The van der Waals surface area contributed by atoms with Crippen molar-refractivity contribution in [2.75, 3.05) is 32.8 Å². The highest BCUT2D eigenvalue weighted by Crippen LogP contribution is 2.31. The first-order chi connectivity index (χ1) is 10.2. The van der Waals surface area contributed by atoms with Crippen LogP contribution >= 0.6 is 0 Å². The van der Waals surface area contributed by atoms with Crippen molar-refractivity contribution in [2.24, 2.45) is 5.92 Å². The zero-order valence-electron chi connectivity index (χ0n) is 12.6. The van der Waals surface area contributed by atoms with Gasteiger partial charge in [0.1, 0.15) is 13.2 Å². The van der Waals surface area contributed by atoms with Crippen LogP contribution in [0.3, 0.4) is 0 Å². The van der Waals surface area contributed by atoms with E-state index in [1.807, 2.05) is 18.2 Å². The van der Waals surface area contributed by atoms with E-state index in [9.17, 15) is 4.79 Å². The van der Waals surface area contributed by atoms with Gasteiger partial charge in [-0.25, -0.2) is 0 Å². The highest BCUT2D eigenvalue weighted by Gasteiger charge is 2.18. The largest absolute Gasteiger partial charge is 0.486 e. The Kier molecular flexibility index (Phi) is 4.44. The Morgan fingerprint density at radius 1 is 1.19 bits per heavy atom. The lowest BCUT2D eigenvalue weighted by atomic mass is 9.99. The number of likely N-dealkylation sites (tertiary alicyclic amines) is 1. The Labute approximate surface area is 126 Å². The molecule has 0 radical (unpaired) electrons. The minimum atomic E-state index is 0.186. The second kappa shape index (κ2) is 6.48. The van der Waals surface area contributed by atoms with E-state index in [-0.39, 0.29) is 5.78 Å². The number of hydrogen-bond acceptors (Lipinski definition) is 4. The van der Waals surface area contributed by atoms with E-state index in [0.29, 0.717) is 25.4 Å². The van der Waals surface area contributed by atoms with Gasteiger partial charge in [0.25, 0.3) is 0 Å². The van der Waals surface area contributed by atoms with Gasteiger partial charge in [0.05, 0.1) is 0 Å². The summed E-state index contributed by atoms with van der Waals surface area (Å²) < 4.78 is 11.0. The number of Topliss-reactive ketones (excluding diaryl/α,β-unsaturated/α-hetero) is 1. The average Bonchev–Trinajstić information content (AvgIpc) is 2.53. The second-order valence-corrected chi connectivity index (χ2v) is 6.06. The van der Waals surface area contributed by atoms with Crippen molar-refractivity contribution in [3.8, 4) is 11.5 Å². The molecular formula is C17H23NO3. The van der Waals surface area contributed by atoms with Crippen molar-refractivity contribution in [3.63, 3.8) is 0 Å². The van der Waals surface area contributed by atoms with E-state index < -0.39 is 0 Å². The van der Waals surface area contributed by atoms with E-state index in [0.717, 1.165) is 36.9 Å². The molecule has 1 fully saturated rings. The molecule has 3 rings (SSSR count). The van der Waals surface area contributed by atoms with Crippen molar-refractivity contribution in [2.45, 2.75) is 26.2 Å². The third kappa shape index (κ3) is 3.56. The summed E-state index contributed by atoms with van der Waals surface area (Å²) in [6.45, 7) is 6.53. The fraction of sp³-hybridized carbons (Fsp3) is 0.588. The summed E-state index contributed by atoms with van der Waals surface area (Å²) in [6.07, 6.45) is 3.07. The number of carbonyl (C=O) groups is 1. The van der Waals surface area contributed by atoms with Crippen LogP contribution in [0, 0.1) is 5.92 Å². The number of piperidine rings is 1. The molecule has 0 saturated carbocycles.